The molecule has 1 aromatic carbocycles. The molecule has 0 saturated carbocycles. The minimum atomic E-state index is 0.458. The lowest BCUT2D eigenvalue weighted by molar-refractivity contribution is 0.204. The van der Waals surface area contributed by atoms with E-state index >= 15 is 0 Å². The number of oxime groups is 1. The maximum Gasteiger partial charge on any atom is 0.230 e. The molecule has 1 N–H and O–H groups in total. The molecule has 1 aliphatic heterocycles. The topological polar surface area (TPSA) is 58.0 Å². The zero-order valence-electron chi connectivity index (χ0n) is 15.9. The van der Waals surface area contributed by atoms with Crippen molar-refractivity contribution in [1.82, 2.24) is 9.88 Å². The predicted octanol–water partition coefficient (Wildman–Crippen LogP) is 4.60. The van der Waals surface area contributed by atoms with Crippen LogP contribution in [0.3, 0.4) is 0 Å². The van der Waals surface area contributed by atoms with Crippen LogP contribution in [0.2, 0.25) is 0 Å². The number of amidine groups is 1. The average Bonchev–Trinajstić information content (AvgIpc) is 2.60. The molecule has 0 aliphatic carbocycles. The molecule has 26 heavy (non-hydrogen) atoms. The summed E-state index contributed by atoms with van der Waals surface area (Å²) in [5.41, 5.74) is 2.94. The Bertz CT molecular complexity index is 794. The van der Waals surface area contributed by atoms with Crippen molar-refractivity contribution in [1.29, 1.82) is 0 Å². The monoisotopic (exact) mass is 353 g/mol. The van der Waals surface area contributed by atoms with Gasteiger partial charge in [-0.25, -0.2) is 4.98 Å². The first-order valence-electron chi connectivity index (χ1n) is 9.16. The van der Waals surface area contributed by atoms with Gasteiger partial charge >= 0.3 is 0 Å². The number of likely N-dealkylation sites (tertiary alicyclic amines) is 1. The second-order valence-electron chi connectivity index (χ2n) is 7.43. The zero-order valence-corrected chi connectivity index (χ0v) is 15.9. The Morgan fingerprint density at radius 1 is 1.15 bits per heavy atom. The Morgan fingerprint density at radius 2 is 1.88 bits per heavy atom. The van der Waals surface area contributed by atoms with Gasteiger partial charge in [0.15, 0.2) is 5.84 Å². The number of rotatable bonds is 3. The van der Waals surface area contributed by atoms with Crippen molar-refractivity contribution >= 4 is 5.84 Å². The molecule has 0 amide bonds. The molecular weight excluding hydrogens is 326 g/mol. The molecule has 1 fully saturated rings. The zero-order chi connectivity index (χ0) is 18.7. The number of pyridine rings is 1. The van der Waals surface area contributed by atoms with Gasteiger partial charge in [-0.3, -0.25) is 0 Å². The Balaban J connectivity index is 1.94. The summed E-state index contributed by atoms with van der Waals surface area (Å²) in [7, 11) is 0. The first kappa shape index (κ1) is 18.2. The summed E-state index contributed by atoms with van der Waals surface area (Å²) in [4.78, 5) is 6.54. The Hall–Kier alpha value is -2.56. The first-order valence-corrected chi connectivity index (χ1v) is 9.16. The molecule has 0 bridgehead atoms. The lowest BCUT2D eigenvalue weighted by atomic mass is 9.91. The van der Waals surface area contributed by atoms with E-state index in [1.54, 1.807) is 6.20 Å². The van der Waals surface area contributed by atoms with E-state index < -0.39 is 0 Å². The Labute approximate surface area is 155 Å². The number of aryl methyl sites for hydroxylation is 1. The molecule has 2 atom stereocenters. The number of benzene rings is 1. The van der Waals surface area contributed by atoms with Crippen molar-refractivity contribution in [2.24, 2.45) is 17.0 Å². The Morgan fingerprint density at radius 3 is 2.58 bits per heavy atom. The molecule has 0 spiro atoms. The van der Waals surface area contributed by atoms with E-state index in [-0.39, 0.29) is 0 Å². The van der Waals surface area contributed by atoms with Gasteiger partial charge in [0.05, 0.1) is 5.56 Å². The Kier molecular flexibility index (Phi) is 5.45. The van der Waals surface area contributed by atoms with Crippen LogP contribution in [0.15, 0.2) is 41.7 Å². The summed E-state index contributed by atoms with van der Waals surface area (Å²) in [5.74, 6) is 2.85. The average molecular weight is 353 g/mol. The van der Waals surface area contributed by atoms with Crippen LogP contribution in [0.1, 0.15) is 37.0 Å². The molecular formula is C21H27N3O2. The molecule has 1 aromatic heterocycles. The van der Waals surface area contributed by atoms with Gasteiger partial charge in [-0.1, -0.05) is 31.1 Å². The third-order valence-corrected chi connectivity index (χ3v) is 5.04. The van der Waals surface area contributed by atoms with E-state index in [0.29, 0.717) is 29.1 Å². The van der Waals surface area contributed by atoms with Crippen LogP contribution >= 0.6 is 0 Å². The number of piperidine rings is 1. The van der Waals surface area contributed by atoms with Gasteiger partial charge in [-0.15, -0.1) is 0 Å². The fourth-order valence-electron chi connectivity index (χ4n) is 3.70. The van der Waals surface area contributed by atoms with Gasteiger partial charge in [0, 0.05) is 19.3 Å². The molecule has 3 rings (SSSR count). The minimum Gasteiger partial charge on any atom is -0.438 e. The predicted molar refractivity (Wildman–Crippen MR) is 103 cm³/mol. The SMILES string of the molecule is Cc1cccc(Oc2ncccc2/C(=N/O)N2CC(C)CC(C)C2)c1C. The van der Waals surface area contributed by atoms with Crippen molar-refractivity contribution in [3.8, 4) is 11.6 Å². The maximum absolute atomic E-state index is 9.76. The number of aromatic nitrogens is 1. The standard InChI is InChI=1S/C21H27N3O2/c1-14-11-15(2)13-24(12-14)20(23-25)18-8-6-10-22-21(18)26-19-9-5-7-16(3)17(19)4/h5-10,14-15,25H,11-13H2,1-4H3/b23-20-. The van der Waals surface area contributed by atoms with E-state index in [0.717, 1.165) is 30.0 Å². The van der Waals surface area contributed by atoms with Crippen LogP contribution in [0, 0.1) is 25.7 Å². The van der Waals surface area contributed by atoms with Crippen molar-refractivity contribution in [2.75, 3.05) is 13.1 Å². The highest BCUT2D eigenvalue weighted by Gasteiger charge is 2.27. The van der Waals surface area contributed by atoms with Gasteiger partial charge < -0.3 is 14.8 Å². The van der Waals surface area contributed by atoms with Gasteiger partial charge in [-0.2, -0.15) is 0 Å². The van der Waals surface area contributed by atoms with E-state index in [1.165, 1.54) is 6.42 Å². The number of nitrogens with zero attached hydrogens (tertiary/aromatic N) is 3. The second-order valence-corrected chi connectivity index (χ2v) is 7.43. The lowest BCUT2D eigenvalue weighted by Crippen LogP contribution is -2.43. The van der Waals surface area contributed by atoms with Gasteiger partial charge in [-0.05, 0) is 61.4 Å². The number of ether oxygens (including phenoxy) is 1. The molecule has 2 unspecified atom stereocenters. The summed E-state index contributed by atoms with van der Waals surface area (Å²) >= 11 is 0. The largest absolute Gasteiger partial charge is 0.438 e. The molecule has 5 nitrogen and oxygen atoms in total. The van der Waals surface area contributed by atoms with E-state index in [4.69, 9.17) is 4.74 Å². The quantitative estimate of drug-likeness (QED) is 0.379. The third-order valence-electron chi connectivity index (χ3n) is 5.04. The fraction of sp³-hybridized carbons (Fsp3) is 0.429. The molecule has 1 aliphatic rings. The summed E-state index contributed by atoms with van der Waals surface area (Å²) < 4.78 is 6.12. The highest BCUT2D eigenvalue weighted by Crippen LogP contribution is 2.30. The molecule has 138 valence electrons. The summed E-state index contributed by atoms with van der Waals surface area (Å²) in [6, 6.07) is 9.69. The van der Waals surface area contributed by atoms with Crippen molar-refractivity contribution < 1.29 is 9.94 Å². The first-order chi connectivity index (χ1) is 12.5. The summed E-state index contributed by atoms with van der Waals surface area (Å²) in [6.07, 6.45) is 2.88. The van der Waals surface area contributed by atoms with Crippen LogP contribution < -0.4 is 4.74 Å². The lowest BCUT2D eigenvalue weighted by Gasteiger charge is -2.36. The maximum atomic E-state index is 9.76. The number of hydrogen-bond acceptors (Lipinski definition) is 4. The van der Waals surface area contributed by atoms with Crippen LogP contribution in [-0.4, -0.2) is 34.0 Å². The third kappa shape index (κ3) is 3.82. The van der Waals surface area contributed by atoms with Crippen LogP contribution in [0.5, 0.6) is 11.6 Å². The van der Waals surface area contributed by atoms with Gasteiger partial charge in [0.1, 0.15) is 5.75 Å². The highest BCUT2D eigenvalue weighted by molar-refractivity contribution is 6.00. The van der Waals surface area contributed by atoms with Crippen molar-refractivity contribution in [3.05, 3.63) is 53.2 Å². The number of hydrogen-bond donors (Lipinski definition) is 1. The van der Waals surface area contributed by atoms with Gasteiger partial charge in [0.25, 0.3) is 0 Å². The molecule has 2 heterocycles. The van der Waals surface area contributed by atoms with Crippen molar-refractivity contribution in [3.63, 3.8) is 0 Å². The minimum absolute atomic E-state index is 0.458. The highest BCUT2D eigenvalue weighted by atomic mass is 16.5. The van der Waals surface area contributed by atoms with Crippen molar-refractivity contribution in [2.45, 2.75) is 34.1 Å². The fourth-order valence-corrected chi connectivity index (χ4v) is 3.70. The van der Waals surface area contributed by atoms with Crippen LogP contribution in [-0.2, 0) is 0 Å². The summed E-state index contributed by atoms with van der Waals surface area (Å²) in [5, 5.41) is 13.4. The molecule has 0 radical (unpaired) electrons. The van der Waals surface area contributed by atoms with Crippen LogP contribution in [0.25, 0.3) is 0 Å². The summed E-state index contributed by atoms with van der Waals surface area (Å²) in [6.45, 7) is 10.3. The molecule has 2 aromatic rings. The van der Waals surface area contributed by atoms with E-state index in [1.807, 2.05) is 31.2 Å². The molecule has 1 saturated heterocycles. The van der Waals surface area contributed by atoms with E-state index in [2.05, 4.69) is 41.9 Å². The van der Waals surface area contributed by atoms with E-state index in [9.17, 15) is 5.21 Å². The molecule has 5 heteroatoms. The van der Waals surface area contributed by atoms with Crippen LogP contribution in [0.4, 0.5) is 0 Å². The second kappa shape index (κ2) is 7.77. The smallest absolute Gasteiger partial charge is 0.230 e. The van der Waals surface area contributed by atoms with Gasteiger partial charge in [0.2, 0.25) is 5.88 Å². The normalized spacial score (nSPS) is 20.9.